The van der Waals surface area contributed by atoms with Gasteiger partial charge in [-0.15, -0.1) is 0 Å². The maximum atomic E-state index is 10.4. The zero-order valence-corrected chi connectivity index (χ0v) is 20.4. The lowest BCUT2D eigenvalue weighted by Crippen LogP contribution is -2.48. The van der Waals surface area contributed by atoms with Crippen LogP contribution in [0.3, 0.4) is 0 Å². The van der Waals surface area contributed by atoms with Crippen molar-refractivity contribution in [1.82, 2.24) is 9.80 Å². The van der Waals surface area contributed by atoms with Crippen LogP contribution in [0.4, 0.5) is 0 Å². The molecule has 3 rings (SSSR count). The van der Waals surface area contributed by atoms with Crippen molar-refractivity contribution < 1.29 is 19.7 Å². The molecule has 0 amide bonds. The number of hydrogen-bond acceptors (Lipinski definition) is 6. The molecule has 6 atom stereocenters. The molecular weight excluding hydrogens is 404 g/mol. The van der Waals surface area contributed by atoms with Gasteiger partial charge in [-0.1, -0.05) is 12.8 Å². The number of hydrogen-bond donors (Lipinski definition) is 2. The topological polar surface area (TPSA) is 65.4 Å². The highest BCUT2D eigenvalue weighted by Crippen LogP contribution is 2.24. The highest BCUT2D eigenvalue weighted by atomic mass is 16.5. The van der Waals surface area contributed by atoms with Gasteiger partial charge in [-0.05, 0) is 77.6 Å². The third kappa shape index (κ3) is 7.34. The van der Waals surface area contributed by atoms with Gasteiger partial charge in [0.15, 0.2) is 0 Å². The quantitative estimate of drug-likeness (QED) is 0.569. The number of likely N-dealkylation sites (tertiary alicyclic amines) is 2. The molecule has 0 aliphatic carbocycles. The van der Waals surface area contributed by atoms with Gasteiger partial charge < -0.3 is 19.7 Å². The van der Waals surface area contributed by atoms with E-state index >= 15 is 0 Å². The average molecular weight is 449 g/mol. The van der Waals surface area contributed by atoms with E-state index in [2.05, 4.69) is 37.5 Å². The lowest BCUT2D eigenvalue weighted by molar-refractivity contribution is 0.0202. The van der Waals surface area contributed by atoms with Crippen LogP contribution in [0.5, 0.6) is 11.5 Å². The van der Waals surface area contributed by atoms with Crippen LogP contribution in [0, 0.1) is 0 Å². The van der Waals surface area contributed by atoms with Gasteiger partial charge in [0.1, 0.15) is 36.9 Å². The van der Waals surface area contributed by atoms with Gasteiger partial charge in [-0.2, -0.15) is 0 Å². The molecule has 2 fully saturated rings. The van der Waals surface area contributed by atoms with E-state index in [1.54, 1.807) is 0 Å². The molecule has 0 bridgehead atoms. The summed E-state index contributed by atoms with van der Waals surface area (Å²) in [6.07, 6.45) is 6.32. The minimum atomic E-state index is -0.511. The van der Waals surface area contributed by atoms with Crippen LogP contribution in [-0.4, -0.2) is 82.7 Å². The van der Waals surface area contributed by atoms with Crippen LogP contribution in [0.25, 0.3) is 0 Å². The summed E-state index contributed by atoms with van der Waals surface area (Å²) in [5.41, 5.74) is 0. The van der Waals surface area contributed by atoms with Crippen molar-refractivity contribution >= 4 is 0 Å². The van der Waals surface area contributed by atoms with Crippen molar-refractivity contribution in [3.8, 4) is 11.5 Å². The zero-order chi connectivity index (χ0) is 23.1. The van der Waals surface area contributed by atoms with Crippen molar-refractivity contribution in [2.75, 3.05) is 26.3 Å². The average Bonchev–Trinajstić information content (AvgIpc) is 2.77. The number of aliphatic hydroxyl groups excluding tert-OH is 2. The van der Waals surface area contributed by atoms with Crippen molar-refractivity contribution in [3.05, 3.63) is 24.3 Å². The molecule has 0 radical (unpaired) electrons. The molecule has 0 spiro atoms. The van der Waals surface area contributed by atoms with Gasteiger partial charge in [0.25, 0.3) is 0 Å². The van der Waals surface area contributed by atoms with Crippen molar-refractivity contribution in [2.45, 2.75) is 103 Å². The predicted octanol–water partition coefficient (Wildman–Crippen LogP) is 3.69. The molecule has 2 N–H and O–H groups in total. The summed E-state index contributed by atoms with van der Waals surface area (Å²) < 4.78 is 11.6. The normalized spacial score (nSPS) is 29.4. The van der Waals surface area contributed by atoms with Crippen molar-refractivity contribution in [3.63, 3.8) is 0 Å². The van der Waals surface area contributed by atoms with E-state index in [1.807, 2.05) is 24.3 Å². The number of ether oxygens (including phenoxy) is 2. The molecule has 182 valence electrons. The first-order valence-electron chi connectivity index (χ1n) is 12.6. The van der Waals surface area contributed by atoms with Crippen LogP contribution in [0.1, 0.15) is 66.2 Å². The van der Waals surface area contributed by atoms with E-state index in [0.717, 1.165) is 0 Å². The Morgan fingerprint density at radius 1 is 0.688 bits per heavy atom. The highest BCUT2D eigenvalue weighted by molar-refractivity contribution is 5.31. The van der Waals surface area contributed by atoms with E-state index in [9.17, 15) is 10.2 Å². The Bertz CT molecular complexity index is 593. The van der Waals surface area contributed by atoms with Gasteiger partial charge in [0.05, 0.1) is 0 Å². The lowest BCUT2D eigenvalue weighted by Gasteiger charge is -2.40. The largest absolute Gasteiger partial charge is 0.491 e. The van der Waals surface area contributed by atoms with E-state index in [0.29, 0.717) is 48.8 Å². The summed E-state index contributed by atoms with van der Waals surface area (Å²) in [5, 5.41) is 20.9. The summed E-state index contributed by atoms with van der Waals surface area (Å²) >= 11 is 0. The Kier molecular flexibility index (Phi) is 9.65. The molecule has 2 aliphatic rings. The van der Waals surface area contributed by atoms with Crippen LogP contribution < -0.4 is 9.47 Å². The fourth-order valence-electron chi connectivity index (χ4n) is 5.28. The van der Waals surface area contributed by atoms with E-state index in [4.69, 9.17) is 9.47 Å². The van der Waals surface area contributed by atoms with Gasteiger partial charge in [0, 0.05) is 37.3 Å². The summed E-state index contributed by atoms with van der Waals surface area (Å²) in [6.45, 7) is 10.8. The van der Waals surface area contributed by atoms with Gasteiger partial charge in [0.2, 0.25) is 0 Å². The Hall–Kier alpha value is -1.34. The second-order valence-electron chi connectivity index (χ2n) is 10.1. The van der Waals surface area contributed by atoms with E-state index in [1.165, 1.54) is 38.5 Å². The lowest BCUT2D eigenvalue weighted by atomic mass is 9.97. The molecule has 0 aromatic heterocycles. The second kappa shape index (κ2) is 12.2. The number of nitrogens with zero attached hydrogens (tertiary/aromatic N) is 2. The molecule has 32 heavy (non-hydrogen) atoms. The van der Waals surface area contributed by atoms with Crippen LogP contribution in [0.15, 0.2) is 24.3 Å². The van der Waals surface area contributed by atoms with Crippen LogP contribution in [0.2, 0.25) is 0 Å². The Labute approximate surface area is 194 Å². The molecule has 2 saturated heterocycles. The maximum Gasteiger partial charge on any atom is 0.119 e. The Balaban J connectivity index is 1.38. The predicted molar refractivity (Wildman–Crippen MR) is 128 cm³/mol. The summed E-state index contributed by atoms with van der Waals surface area (Å²) in [6, 6.07) is 9.49. The third-order valence-electron chi connectivity index (χ3n) is 7.30. The molecule has 2 aliphatic heterocycles. The van der Waals surface area contributed by atoms with Crippen LogP contribution in [-0.2, 0) is 0 Å². The fourth-order valence-corrected chi connectivity index (χ4v) is 5.28. The molecule has 6 nitrogen and oxygen atoms in total. The van der Waals surface area contributed by atoms with Gasteiger partial charge >= 0.3 is 0 Å². The van der Waals surface area contributed by atoms with Gasteiger partial charge in [-0.25, -0.2) is 0 Å². The monoisotopic (exact) mass is 448 g/mol. The summed E-state index contributed by atoms with van der Waals surface area (Å²) in [5.74, 6) is 1.43. The maximum absolute atomic E-state index is 10.4. The standard InChI is InChI=1S/C26H44N2O4/c1-19-7-5-8-20(2)27(19)15-23(29)17-31-25-11-13-26(14-12-25)32-18-24(30)16-28-21(3)9-6-10-22(28)4/h11-14,19-24,29-30H,5-10,15-18H2,1-4H3/t19-,20-,21-,22+,23+,24+/m0/s1. The SMILES string of the molecule is C[C@@H]1CCC[C@H](C)N1C[C@@H](O)COc1ccc(OC[C@H](O)CN2[C@@H](C)CCC[C@@H]2C)cc1. The van der Waals surface area contributed by atoms with Gasteiger partial charge in [-0.3, -0.25) is 9.80 Å². The second-order valence-corrected chi connectivity index (χ2v) is 10.1. The van der Waals surface area contributed by atoms with Crippen LogP contribution >= 0.6 is 0 Å². The zero-order valence-electron chi connectivity index (χ0n) is 20.4. The smallest absolute Gasteiger partial charge is 0.119 e. The molecular formula is C26H44N2O4. The first kappa shape index (κ1) is 25.3. The van der Waals surface area contributed by atoms with Crippen molar-refractivity contribution in [1.29, 1.82) is 0 Å². The van der Waals surface area contributed by atoms with Crippen molar-refractivity contribution in [2.24, 2.45) is 0 Å². The number of benzene rings is 1. The highest BCUT2D eigenvalue weighted by Gasteiger charge is 2.27. The summed E-state index contributed by atoms with van der Waals surface area (Å²) in [4.78, 5) is 4.79. The number of β-amino-alcohol motifs (C(OH)–C–C–N with tert-alkyl or cyclic N) is 2. The Morgan fingerprint density at radius 2 is 1.00 bits per heavy atom. The molecule has 6 heteroatoms. The minimum Gasteiger partial charge on any atom is -0.491 e. The first-order valence-corrected chi connectivity index (χ1v) is 12.6. The minimum absolute atomic E-state index is 0.279. The third-order valence-corrected chi connectivity index (χ3v) is 7.30. The number of rotatable bonds is 10. The fraction of sp³-hybridized carbons (Fsp3) is 0.769. The number of piperidine rings is 2. The molecule has 0 saturated carbocycles. The molecule has 1 aromatic carbocycles. The number of aliphatic hydroxyl groups is 2. The Morgan fingerprint density at radius 3 is 1.31 bits per heavy atom. The molecule has 1 aromatic rings. The summed E-state index contributed by atoms with van der Waals surface area (Å²) in [7, 11) is 0. The molecule has 0 unspecified atom stereocenters. The van der Waals surface area contributed by atoms with E-state index < -0.39 is 12.2 Å². The van der Waals surface area contributed by atoms with E-state index in [-0.39, 0.29) is 13.2 Å². The molecule has 2 heterocycles. The first-order chi connectivity index (χ1) is 15.3.